The van der Waals surface area contributed by atoms with E-state index in [4.69, 9.17) is 9.47 Å². The highest BCUT2D eigenvalue weighted by atomic mass is 32.2. The lowest BCUT2D eigenvalue weighted by molar-refractivity contribution is 0.379. The third kappa shape index (κ3) is 4.81. The average molecular weight is 478 g/mol. The van der Waals surface area contributed by atoms with Gasteiger partial charge in [0.15, 0.2) is 11.5 Å². The van der Waals surface area contributed by atoms with Crippen LogP contribution >= 0.6 is 11.9 Å². The van der Waals surface area contributed by atoms with E-state index < -0.39 is 0 Å². The fourth-order valence-electron chi connectivity index (χ4n) is 3.40. The van der Waals surface area contributed by atoms with Gasteiger partial charge < -0.3 is 9.47 Å². The molecule has 0 fully saturated rings. The number of aryl methyl sites for hydroxylation is 1. The average Bonchev–Trinajstić information content (AvgIpc) is 3.30. The zero-order valence-electron chi connectivity index (χ0n) is 19.8. The van der Waals surface area contributed by atoms with Gasteiger partial charge in [-0.2, -0.15) is 0 Å². The molecule has 0 bridgehead atoms. The van der Waals surface area contributed by atoms with E-state index in [-0.39, 0.29) is 11.2 Å². The standard InChI is InChI=1S/C24H27N7O2S/c1-15-13-27-19(14-26-15)16(2)17(3)34-30-24-29-28-22(18-9-7-6-8-10-18)31(24)21-20(32-4)11-12-25-23(21)33-5/h6-14,16-17H,1-5H3,(H,29,30). The molecule has 0 aliphatic rings. The Bertz CT molecular complexity index is 1210. The molecule has 10 heteroatoms. The lowest BCUT2D eigenvalue weighted by Gasteiger charge is -2.20. The van der Waals surface area contributed by atoms with Gasteiger partial charge in [0, 0.05) is 41.4 Å². The van der Waals surface area contributed by atoms with E-state index in [1.807, 2.05) is 48.0 Å². The van der Waals surface area contributed by atoms with Gasteiger partial charge in [0.1, 0.15) is 5.75 Å². The van der Waals surface area contributed by atoms with Gasteiger partial charge >= 0.3 is 0 Å². The number of rotatable bonds is 9. The molecule has 9 nitrogen and oxygen atoms in total. The second-order valence-corrected chi connectivity index (χ2v) is 8.90. The van der Waals surface area contributed by atoms with Crippen molar-refractivity contribution in [3.8, 4) is 28.7 Å². The predicted octanol–water partition coefficient (Wildman–Crippen LogP) is 4.70. The molecule has 0 aliphatic carbocycles. The van der Waals surface area contributed by atoms with E-state index in [0.29, 0.717) is 29.1 Å². The Balaban J connectivity index is 1.70. The second kappa shape index (κ2) is 10.5. The van der Waals surface area contributed by atoms with E-state index >= 15 is 0 Å². The lowest BCUT2D eigenvalue weighted by Crippen LogP contribution is -2.14. The van der Waals surface area contributed by atoms with Crippen LogP contribution in [0.5, 0.6) is 11.6 Å². The highest BCUT2D eigenvalue weighted by Gasteiger charge is 2.24. The molecule has 0 spiro atoms. The van der Waals surface area contributed by atoms with Crippen LogP contribution in [0, 0.1) is 6.92 Å². The van der Waals surface area contributed by atoms with Crippen LogP contribution in [0.15, 0.2) is 55.0 Å². The summed E-state index contributed by atoms with van der Waals surface area (Å²) < 4.78 is 16.5. The van der Waals surface area contributed by atoms with Gasteiger partial charge in [0.05, 0.1) is 25.6 Å². The van der Waals surface area contributed by atoms with E-state index in [0.717, 1.165) is 17.0 Å². The van der Waals surface area contributed by atoms with E-state index in [2.05, 4.69) is 43.7 Å². The number of benzene rings is 1. The lowest BCUT2D eigenvalue weighted by atomic mass is 10.1. The van der Waals surface area contributed by atoms with Gasteiger partial charge in [-0.3, -0.25) is 19.3 Å². The highest BCUT2D eigenvalue weighted by molar-refractivity contribution is 8.01. The largest absolute Gasteiger partial charge is 0.494 e. The molecule has 2 unspecified atom stereocenters. The Morgan fingerprint density at radius 1 is 0.941 bits per heavy atom. The molecule has 1 N–H and O–H groups in total. The topological polar surface area (TPSA) is 99.9 Å². The quantitative estimate of drug-likeness (QED) is 0.344. The molecule has 1 aromatic carbocycles. The Kier molecular flexibility index (Phi) is 7.27. The molecule has 0 saturated carbocycles. The van der Waals surface area contributed by atoms with Crippen molar-refractivity contribution in [3.63, 3.8) is 0 Å². The molecule has 0 radical (unpaired) electrons. The molecule has 0 amide bonds. The molecule has 3 aromatic heterocycles. The number of nitrogens with one attached hydrogen (secondary N) is 1. The summed E-state index contributed by atoms with van der Waals surface area (Å²) in [4.78, 5) is 13.3. The normalized spacial score (nSPS) is 12.7. The summed E-state index contributed by atoms with van der Waals surface area (Å²) >= 11 is 1.54. The maximum atomic E-state index is 5.64. The molecular formula is C24H27N7O2S. The van der Waals surface area contributed by atoms with Crippen LogP contribution in [-0.4, -0.2) is 49.2 Å². The van der Waals surface area contributed by atoms with Crippen LogP contribution in [0.2, 0.25) is 0 Å². The maximum Gasteiger partial charge on any atom is 0.242 e. The minimum atomic E-state index is 0.165. The first kappa shape index (κ1) is 23.5. The Morgan fingerprint density at radius 2 is 1.74 bits per heavy atom. The van der Waals surface area contributed by atoms with E-state index in [1.165, 1.54) is 11.9 Å². The molecule has 4 rings (SSSR count). The number of hydrogen-bond acceptors (Lipinski definition) is 9. The smallest absolute Gasteiger partial charge is 0.242 e. The fraction of sp³-hybridized carbons (Fsp3) is 0.292. The van der Waals surface area contributed by atoms with Crippen molar-refractivity contribution in [1.29, 1.82) is 0 Å². The van der Waals surface area contributed by atoms with Crippen LogP contribution in [-0.2, 0) is 0 Å². The summed E-state index contributed by atoms with van der Waals surface area (Å²) in [7, 11) is 3.19. The predicted molar refractivity (Wildman–Crippen MR) is 134 cm³/mol. The Labute approximate surface area is 203 Å². The maximum absolute atomic E-state index is 5.64. The zero-order chi connectivity index (χ0) is 24.1. The van der Waals surface area contributed by atoms with Crippen molar-refractivity contribution in [2.24, 2.45) is 0 Å². The second-order valence-electron chi connectivity index (χ2n) is 7.72. The zero-order valence-corrected chi connectivity index (χ0v) is 20.6. The number of ether oxygens (including phenoxy) is 2. The summed E-state index contributed by atoms with van der Waals surface area (Å²) in [5.74, 6) is 2.33. The summed E-state index contributed by atoms with van der Waals surface area (Å²) in [6.45, 7) is 6.19. The van der Waals surface area contributed by atoms with Crippen molar-refractivity contribution in [2.75, 3.05) is 18.9 Å². The molecule has 176 valence electrons. The minimum Gasteiger partial charge on any atom is -0.494 e. The molecular weight excluding hydrogens is 450 g/mol. The molecule has 0 saturated heterocycles. The van der Waals surface area contributed by atoms with Crippen molar-refractivity contribution in [1.82, 2.24) is 29.7 Å². The number of nitrogens with zero attached hydrogens (tertiary/aromatic N) is 6. The van der Waals surface area contributed by atoms with E-state index in [1.54, 1.807) is 32.7 Å². The van der Waals surface area contributed by atoms with Crippen LogP contribution in [0.25, 0.3) is 17.1 Å². The van der Waals surface area contributed by atoms with Crippen molar-refractivity contribution >= 4 is 17.9 Å². The number of pyridine rings is 1. The molecule has 0 aliphatic heterocycles. The number of anilines is 1. The number of hydrogen-bond donors (Lipinski definition) is 1. The Hall–Kier alpha value is -3.66. The first-order chi connectivity index (χ1) is 16.5. The molecule has 4 aromatic rings. The van der Waals surface area contributed by atoms with Gasteiger partial charge in [0.25, 0.3) is 0 Å². The molecule has 3 heterocycles. The van der Waals surface area contributed by atoms with Gasteiger partial charge in [-0.05, 0) is 18.9 Å². The summed E-state index contributed by atoms with van der Waals surface area (Å²) in [5, 5.41) is 9.10. The monoisotopic (exact) mass is 477 g/mol. The third-order valence-corrected chi connectivity index (χ3v) is 6.57. The van der Waals surface area contributed by atoms with E-state index in [9.17, 15) is 0 Å². The SMILES string of the molecule is COc1ccnc(OC)c1-n1c(NSC(C)C(C)c2cnc(C)cn2)nnc1-c1ccccc1. The number of aromatic nitrogens is 6. The summed E-state index contributed by atoms with van der Waals surface area (Å²) in [5.41, 5.74) is 3.35. The van der Waals surface area contributed by atoms with Crippen molar-refractivity contribution < 1.29 is 9.47 Å². The van der Waals surface area contributed by atoms with Gasteiger partial charge in [-0.15, -0.1) is 10.2 Å². The highest BCUT2D eigenvalue weighted by Crippen LogP contribution is 2.37. The summed E-state index contributed by atoms with van der Waals surface area (Å²) in [6.07, 6.45) is 5.26. The number of methoxy groups -OCH3 is 2. The summed E-state index contributed by atoms with van der Waals surface area (Å²) in [6, 6.07) is 11.6. The first-order valence-electron chi connectivity index (χ1n) is 10.8. The van der Waals surface area contributed by atoms with Crippen molar-refractivity contribution in [2.45, 2.75) is 31.9 Å². The third-order valence-electron chi connectivity index (χ3n) is 5.49. The van der Waals surface area contributed by atoms with Crippen LogP contribution in [0.4, 0.5) is 5.95 Å². The van der Waals surface area contributed by atoms with Gasteiger partial charge in [-0.1, -0.05) is 44.2 Å². The van der Waals surface area contributed by atoms with Crippen LogP contribution in [0.3, 0.4) is 0 Å². The molecule has 34 heavy (non-hydrogen) atoms. The van der Waals surface area contributed by atoms with Gasteiger partial charge in [-0.25, -0.2) is 4.98 Å². The van der Waals surface area contributed by atoms with Crippen LogP contribution < -0.4 is 14.2 Å². The van der Waals surface area contributed by atoms with Crippen LogP contribution in [0.1, 0.15) is 31.2 Å². The fourth-order valence-corrected chi connectivity index (χ4v) is 4.17. The first-order valence-corrected chi connectivity index (χ1v) is 11.7. The Morgan fingerprint density at radius 3 is 2.41 bits per heavy atom. The molecule has 2 atom stereocenters. The van der Waals surface area contributed by atoms with Gasteiger partial charge in [0.2, 0.25) is 11.8 Å². The minimum absolute atomic E-state index is 0.165. The van der Waals surface area contributed by atoms with Crippen molar-refractivity contribution in [3.05, 3.63) is 66.4 Å².